The Bertz CT molecular complexity index is 486. The van der Waals surface area contributed by atoms with E-state index in [0.717, 1.165) is 11.3 Å². The van der Waals surface area contributed by atoms with Crippen LogP contribution in [0.3, 0.4) is 0 Å². The van der Waals surface area contributed by atoms with Crippen LogP contribution < -0.4 is 4.74 Å². The Morgan fingerprint density at radius 2 is 2.32 bits per heavy atom. The highest BCUT2D eigenvalue weighted by Crippen LogP contribution is 2.21. The van der Waals surface area contributed by atoms with Crippen molar-refractivity contribution in [2.75, 3.05) is 13.7 Å². The first-order valence-corrected chi connectivity index (χ1v) is 6.23. The van der Waals surface area contributed by atoms with Crippen molar-refractivity contribution in [3.8, 4) is 5.75 Å². The maximum atomic E-state index is 11.8. The molecule has 0 saturated carbocycles. The Hall–Kier alpha value is -2.04. The van der Waals surface area contributed by atoms with Crippen molar-refractivity contribution >= 4 is 11.9 Å². The van der Waals surface area contributed by atoms with Crippen molar-refractivity contribution in [1.82, 2.24) is 4.90 Å². The van der Waals surface area contributed by atoms with E-state index in [4.69, 9.17) is 9.84 Å². The van der Waals surface area contributed by atoms with E-state index in [1.54, 1.807) is 12.0 Å². The van der Waals surface area contributed by atoms with Crippen molar-refractivity contribution in [1.29, 1.82) is 0 Å². The van der Waals surface area contributed by atoms with Gasteiger partial charge in [-0.3, -0.25) is 9.59 Å². The smallest absolute Gasteiger partial charge is 0.308 e. The molecule has 1 atom stereocenters. The zero-order valence-electron chi connectivity index (χ0n) is 10.8. The molecular weight excluding hydrogens is 246 g/mol. The molecule has 102 valence electrons. The van der Waals surface area contributed by atoms with E-state index in [9.17, 15) is 9.59 Å². The van der Waals surface area contributed by atoms with Crippen molar-refractivity contribution in [3.05, 3.63) is 29.8 Å². The Kier molecular flexibility index (Phi) is 4.04. The second-order valence-corrected chi connectivity index (χ2v) is 4.70. The third-order valence-corrected chi connectivity index (χ3v) is 3.36. The Morgan fingerprint density at radius 3 is 3.00 bits per heavy atom. The molecule has 1 aliphatic rings. The van der Waals surface area contributed by atoms with E-state index in [-0.39, 0.29) is 12.5 Å². The third-order valence-electron chi connectivity index (χ3n) is 3.36. The van der Waals surface area contributed by atoms with Gasteiger partial charge in [-0.25, -0.2) is 0 Å². The van der Waals surface area contributed by atoms with Gasteiger partial charge < -0.3 is 14.7 Å². The number of benzene rings is 1. The average molecular weight is 263 g/mol. The summed E-state index contributed by atoms with van der Waals surface area (Å²) in [7, 11) is 1.59. The van der Waals surface area contributed by atoms with E-state index in [0.29, 0.717) is 19.4 Å². The number of aliphatic carboxylic acids is 1. The predicted octanol–water partition coefficient (Wildman–Crippen LogP) is 1.52. The lowest BCUT2D eigenvalue weighted by Gasteiger charge is -2.30. The lowest BCUT2D eigenvalue weighted by atomic mass is 9.97. The Labute approximate surface area is 111 Å². The number of carboxylic acid groups (broad SMARTS) is 1. The normalized spacial score (nSPS) is 19.3. The molecule has 5 heteroatoms. The fourth-order valence-corrected chi connectivity index (χ4v) is 2.26. The maximum Gasteiger partial charge on any atom is 0.308 e. The number of amides is 1. The van der Waals surface area contributed by atoms with Gasteiger partial charge in [-0.05, 0) is 24.1 Å². The van der Waals surface area contributed by atoms with Crippen LogP contribution in [-0.4, -0.2) is 35.5 Å². The summed E-state index contributed by atoms with van der Waals surface area (Å²) in [6, 6.07) is 7.46. The van der Waals surface area contributed by atoms with Crippen molar-refractivity contribution < 1.29 is 19.4 Å². The molecule has 1 aromatic carbocycles. The molecule has 0 radical (unpaired) electrons. The Morgan fingerprint density at radius 1 is 1.53 bits per heavy atom. The highest BCUT2D eigenvalue weighted by Gasteiger charge is 2.29. The lowest BCUT2D eigenvalue weighted by Crippen LogP contribution is -2.41. The first-order chi connectivity index (χ1) is 9.10. The number of rotatable bonds is 4. The van der Waals surface area contributed by atoms with Crippen LogP contribution in [0.2, 0.25) is 0 Å². The number of carbonyl (C=O) groups excluding carboxylic acids is 1. The van der Waals surface area contributed by atoms with Gasteiger partial charge in [0.05, 0.1) is 13.0 Å². The summed E-state index contributed by atoms with van der Waals surface area (Å²) in [6.45, 7) is 0.713. The first kappa shape index (κ1) is 13.4. The largest absolute Gasteiger partial charge is 0.497 e. The van der Waals surface area contributed by atoms with Crippen LogP contribution in [-0.2, 0) is 16.1 Å². The van der Waals surface area contributed by atoms with Crippen molar-refractivity contribution in [3.63, 3.8) is 0 Å². The molecule has 1 heterocycles. The second-order valence-electron chi connectivity index (χ2n) is 4.70. The van der Waals surface area contributed by atoms with Gasteiger partial charge in [-0.15, -0.1) is 0 Å². The molecule has 1 N–H and O–H groups in total. The summed E-state index contributed by atoms with van der Waals surface area (Å²) < 4.78 is 5.13. The molecule has 19 heavy (non-hydrogen) atoms. The molecule has 1 amide bonds. The topological polar surface area (TPSA) is 66.8 Å². The molecule has 1 aromatic rings. The monoisotopic (exact) mass is 263 g/mol. The van der Waals surface area contributed by atoms with E-state index in [1.165, 1.54) is 0 Å². The highest BCUT2D eigenvalue weighted by molar-refractivity contribution is 5.80. The van der Waals surface area contributed by atoms with Gasteiger partial charge in [0.1, 0.15) is 5.75 Å². The minimum atomic E-state index is -0.830. The molecule has 0 aromatic heterocycles. The minimum Gasteiger partial charge on any atom is -0.497 e. The highest BCUT2D eigenvalue weighted by atomic mass is 16.5. The van der Waals surface area contributed by atoms with Gasteiger partial charge in [0.25, 0.3) is 0 Å². The number of piperidine rings is 1. The van der Waals surface area contributed by atoms with Crippen molar-refractivity contribution in [2.24, 2.45) is 5.92 Å². The molecule has 1 fully saturated rings. The van der Waals surface area contributed by atoms with Crippen LogP contribution in [0.4, 0.5) is 0 Å². The first-order valence-electron chi connectivity index (χ1n) is 6.23. The molecule has 5 nitrogen and oxygen atoms in total. The van der Waals surface area contributed by atoms with E-state index in [1.807, 2.05) is 24.3 Å². The van der Waals surface area contributed by atoms with Crippen molar-refractivity contribution in [2.45, 2.75) is 19.4 Å². The molecule has 0 unspecified atom stereocenters. The number of likely N-dealkylation sites (tertiary alicyclic amines) is 1. The number of hydrogen-bond donors (Lipinski definition) is 1. The van der Waals surface area contributed by atoms with Gasteiger partial charge in [-0.2, -0.15) is 0 Å². The maximum absolute atomic E-state index is 11.8. The second kappa shape index (κ2) is 5.73. The fourth-order valence-electron chi connectivity index (χ4n) is 2.26. The summed E-state index contributed by atoms with van der Waals surface area (Å²) in [4.78, 5) is 24.4. The molecule has 1 aliphatic heterocycles. The van der Waals surface area contributed by atoms with Crippen LogP contribution in [0.25, 0.3) is 0 Å². The van der Waals surface area contributed by atoms with Crippen LogP contribution in [0.5, 0.6) is 5.75 Å². The predicted molar refractivity (Wildman–Crippen MR) is 68.8 cm³/mol. The van der Waals surface area contributed by atoms with Gasteiger partial charge in [-0.1, -0.05) is 12.1 Å². The van der Waals surface area contributed by atoms with Crippen LogP contribution in [0.15, 0.2) is 24.3 Å². The molecule has 0 bridgehead atoms. The number of hydrogen-bond acceptors (Lipinski definition) is 3. The molecule has 1 saturated heterocycles. The zero-order valence-corrected chi connectivity index (χ0v) is 10.8. The number of carboxylic acids is 1. The number of nitrogens with zero attached hydrogens (tertiary/aromatic N) is 1. The summed E-state index contributed by atoms with van der Waals surface area (Å²) in [6.07, 6.45) is 0.740. The number of carbonyl (C=O) groups is 2. The summed E-state index contributed by atoms with van der Waals surface area (Å²) in [5.74, 6) is -0.538. The van der Waals surface area contributed by atoms with E-state index >= 15 is 0 Å². The standard InChI is InChI=1S/C14H17NO4/c1-19-12-4-2-3-10(7-12)8-15-9-11(14(17)18)5-6-13(15)16/h2-4,7,11H,5-6,8-9H2,1H3,(H,17,18)/t11-/m1/s1. The minimum absolute atomic E-state index is 0.0142. The molecule has 0 spiro atoms. The average Bonchev–Trinajstić information content (AvgIpc) is 2.41. The summed E-state index contributed by atoms with van der Waals surface area (Å²) in [5, 5.41) is 9.03. The van der Waals surface area contributed by atoms with Gasteiger partial charge in [0.2, 0.25) is 5.91 Å². The SMILES string of the molecule is COc1cccc(CN2C[C@H](C(=O)O)CCC2=O)c1. The van der Waals surface area contributed by atoms with Gasteiger partial charge in [0, 0.05) is 19.5 Å². The zero-order chi connectivity index (χ0) is 13.8. The third kappa shape index (κ3) is 3.24. The number of methoxy groups -OCH3 is 1. The van der Waals surface area contributed by atoms with E-state index in [2.05, 4.69) is 0 Å². The van der Waals surface area contributed by atoms with Crippen LogP contribution in [0.1, 0.15) is 18.4 Å². The fraction of sp³-hybridized carbons (Fsp3) is 0.429. The quantitative estimate of drug-likeness (QED) is 0.894. The van der Waals surface area contributed by atoms with Crippen LogP contribution in [0, 0.1) is 5.92 Å². The summed E-state index contributed by atoms with van der Waals surface area (Å²) >= 11 is 0. The van der Waals surface area contributed by atoms with Crippen LogP contribution >= 0.6 is 0 Å². The lowest BCUT2D eigenvalue weighted by molar-refractivity contribution is -0.147. The van der Waals surface area contributed by atoms with Gasteiger partial charge >= 0.3 is 5.97 Å². The molecule has 0 aliphatic carbocycles. The number of ether oxygens (including phenoxy) is 1. The molecule has 2 rings (SSSR count). The molecular formula is C14H17NO4. The Balaban J connectivity index is 2.07. The van der Waals surface area contributed by atoms with E-state index < -0.39 is 11.9 Å². The summed E-state index contributed by atoms with van der Waals surface area (Å²) in [5.41, 5.74) is 0.943. The van der Waals surface area contributed by atoms with Gasteiger partial charge in [0.15, 0.2) is 0 Å².